The molecule has 0 amide bonds. The Kier molecular flexibility index (Phi) is 2.80. The third-order valence-electron chi connectivity index (χ3n) is 2.60. The molecule has 0 saturated carbocycles. The van der Waals surface area contributed by atoms with Crippen LogP contribution in [-0.4, -0.2) is 0 Å². The molecule has 2 aromatic rings. The summed E-state index contributed by atoms with van der Waals surface area (Å²) in [4.78, 5) is 1.35. The maximum absolute atomic E-state index is 5.95. The summed E-state index contributed by atoms with van der Waals surface area (Å²) < 4.78 is 1.36. The summed E-state index contributed by atoms with van der Waals surface area (Å²) in [6.07, 6.45) is 1.09. The molecule has 1 aromatic carbocycles. The zero-order valence-corrected chi connectivity index (χ0v) is 10.0. The Morgan fingerprint density at radius 3 is 2.79 bits per heavy atom. The van der Waals surface area contributed by atoms with Crippen molar-refractivity contribution in [1.29, 1.82) is 0 Å². The first-order chi connectivity index (χ1) is 6.76. The quantitative estimate of drug-likeness (QED) is 0.659. The minimum Gasteiger partial charge on any atom is -0.140 e. The van der Waals surface area contributed by atoms with E-state index in [0.29, 0.717) is 5.88 Å². The van der Waals surface area contributed by atoms with E-state index in [-0.39, 0.29) is 0 Å². The molecule has 0 fully saturated rings. The van der Waals surface area contributed by atoms with Crippen molar-refractivity contribution in [3.8, 4) is 0 Å². The highest BCUT2D eigenvalue weighted by Crippen LogP contribution is 2.32. The molecule has 0 spiro atoms. The number of rotatable bonds is 2. The van der Waals surface area contributed by atoms with Crippen LogP contribution in [0.1, 0.15) is 22.9 Å². The fraction of sp³-hybridized carbons (Fsp3) is 0.333. The second-order valence-corrected chi connectivity index (χ2v) is 4.98. The lowest BCUT2D eigenvalue weighted by Crippen LogP contribution is -1.81. The van der Waals surface area contributed by atoms with Gasteiger partial charge >= 0.3 is 0 Å². The largest absolute Gasteiger partial charge is 0.140 e. The molecule has 0 aliphatic carbocycles. The molecule has 2 rings (SSSR count). The molecule has 0 unspecified atom stereocenters. The number of thiophene rings is 1. The Morgan fingerprint density at radius 1 is 1.36 bits per heavy atom. The van der Waals surface area contributed by atoms with Gasteiger partial charge in [-0.15, -0.1) is 22.9 Å². The van der Waals surface area contributed by atoms with Crippen LogP contribution in [0.15, 0.2) is 18.2 Å². The average Bonchev–Trinajstić information content (AvgIpc) is 2.52. The van der Waals surface area contributed by atoms with E-state index in [9.17, 15) is 0 Å². The summed E-state index contributed by atoms with van der Waals surface area (Å²) >= 11 is 7.79. The zero-order valence-electron chi connectivity index (χ0n) is 8.43. The summed E-state index contributed by atoms with van der Waals surface area (Å²) in [5, 5.41) is 1.35. The first-order valence-corrected chi connectivity index (χ1v) is 6.18. The lowest BCUT2D eigenvalue weighted by Gasteiger charge is -1.98. The molecule has 0 bridgehead atoms. The van der Waals surface area contributed by atoms with E-state index >= 15 is 0 Å². The normalized spacial score (nSPS) is 11.1. The number of fused-ring (bicyclic) bond motifs is 1. The average molecular weight is 225 g/mol. The SMILES string of the molecule is CCc1ccc2sc(C)c(CCl)c2c1. The van der Waals surface area contributed by atoms with Crippen LogP contribution in [0.5, 0.6) is 0 Å². The van der Waals surface area contributed by atoms with E-state index in [1.165, 1.54) is 26.1 Å². The van der Waals surface area contributed by atoms with Gasteiger partial charge in [0.05, 0.1) is 0 Å². The molecule has 0 aliphatic rings. The summed E-state index contributed by atoms with van der Waals surface area (Å²) in [6.45, 7) is 4.33. The molecule has 0 saturated heterocycles. The van der Waals surface area contributed by atoms with E-state index in [4.69, 9.17) is 11.6 Å². The van der Waals surface area contributed by atoms with Crippen LogP contribution >= 0.6 is 22.9 Å². The molecule has 1 aromatic heterocycles. The van der Waals surface area contributed by atoms with Gasteiger partial charge in [-0.2, -0.15) is 0 Å². The lowest BCUT2D eigenvalue weighted by atomic mass is 10.1. The minimum atomic E-state index is 0.624. The van der Waals surface area contributed by atoms with Crippen LogP contribution in [0.3, 0.4) is 0 Å². The van der Waals surface area contributed by atoms with E-state index in [0.717, 1.165) is 6.42 Å². The predicted octanol–water partition coefficient (Wildman–Crippen LogP) is 4.51. The van der Waals surface area contributed by atoms with Crippen LogP contribution in [0.25, 0.3) is 10.1 Å². The van der Waals surface area contributed by atoms with Crippen molar-refractivity contribution in [2.45, 2.75) is 26.1 Å². The van der Waals surface area contributed by atoms with Crippen molar-refractivity contribution in [3.63, 3.8) is 0 Å². The van der Waals surface area contributed by atoms with Gasteiger partial charge in [-0.25, -0.2) is 0 Å². The monoisotopic (exact) mass is 224 g/mol. The van der Waals surface area contributed by atoms with Gasteiger partial charge in [0.2, 0.25) is 0 Å². The molecule has 0 atom stereocenters. The standard InChI is InChI=1S/C12H13ClS/c1-3-9-4-5-12-10(6-9)11(7-13)8(2)14-12/h4-6H,3,7H2,1-2H3. The van der Waals surface area contributed by atoms with Gasteiger partial charge in [0.15, 0.2) is 0 Å². The van der Waals surface area contributed by atoms with Crippen molar-refractivity contribution < 1.29 is 0 Å². The maximum atomic E-state index is 5.95. The molecular weight excluding hydrogens is 212 g/mol. The second kappa shape index (κ2) is 3.92. The molecule has 0 nitrogen and oxygen atoms in total. The zero-order chi connectivity index (χ0) is 10.1. The Labute approximate surface area is 93.5 Å². The number of aryl methyl sites for hydroxylation is 2. The van der Waals surface area contributed by atoms with Crippen molar-refractivity contribution in [3.05, 3.63) is 34.2 Å². The fourth-order valence-electron chi connectivity index (χ4n) is 1.70. The van der Waals surface area contributed by atoms with Crippen molar-refractivity contribution >= 4 is 33.0 Å². The summed E-state index contributed by atoms with van der Waals surface area (Å²) in [7, 11) is 0. The molecule has 0 N–H and O–H groups in total. The summed E-state index contributed by atoms with van der Waals surface area (Å²) in [5.41, 5.74) is 2.70. The molecule has 74 valence electrons. The first-order valence-electron chi connectivity index (χ1n) is 4.83. The van der Waals surface area contributed by atoms with Crippen molar-refractivity contribution in [2.75, 3.05) is 0 Å². The van der Waals surface area contributed by atoms with Gasteiger partial charge < -0.3 is 0 Å². The Hall–Kier alpha value is -0.530. The van der Waals surface area contributed by atoms with E-state index < -0.39 is 0 Å². The topological polar surface area (TPSA) is 0 Å². The van der Waals surface area contributed by atoms with Crippen LogP contribution in [-0.2, 0) is 12.3 Å². The Balaban J connectivity index is 2.71. The molecule has 14 heavy (non-hydrogen) atoms. The third-order valence-corrected chi connectivity index (χ3v) is 3.99. The van der Waals surface area contributed by atoms with Crippen molar-refractivity contribution in [1.82, 2.24) is 0 Å². The Morgan fingerprint density at radius 2 is 2.14 bits per heavy atom. The predicted molar refractivity (Wildman–Crippen MR) is 65.5 cm³/mol. The van der Waals surface area contributed by atoms with Crippen LogP contribution < -0.4 is 0 Å². The number of alkyl halides is 1. The second-order valence-electron chi connectivity index (χ2n) is 3.45. The highest BCUT2D eigenvalue weighted by Gasteiger charge is 2.07. The molecular formula is C12H13ClS. The van der Waals surface area contributed by atoms with Crippen LogP contribution in [0, 0.1) is 6.92 Å². The smallest absolute Gasteiger partial charge is 0.0491 e. The highest BCUT2D eigenvalue weighted by atomic mass is 35.5. The number of hydrogen-bond donors (Lipinski definition) is 0. The van der Waals surface area contributed by atoms with E-state index in [1.54, 1.807) is 0 Å². The van der Waals surface area contributed by atoms with Gasteiger partial charge in [-0.3, -0.25) is 0 Å². The maximum Gasteiger partial charge on any atom is 0.0491 e. The molecule has 2 heteroatoms. The van der Waals surface area contributed by atoms with Crippen LogP contribution in [0.4, 0.5) is 0 Å². The van der Waals surface area contributed by atoms with Gasteiger partial charge in [0.1, 0.15) is 0 Å². The van der Waals surface area contributed by atoms with Gasteiger partial charge in [-0.05, 0) is 42.0 Å². The number of benzene rings is 1. The van der Waals surface area contributed by atoms with Gasteiger partial charge in [0.25, 0.3) is 0 Å². The minimum absolute atomic E-state index is 0.624. The van der Waals surface area contributed by atoms with Crippen LogP contribution in [0.2, 0.25) is 0 Å². The van der Waals surface area contributed by atoms with E-state index in [2.05, 4.69) is 32.0 Å². The molecule has 1 heterocycles. The van der Waals surface area contributed by atoms with Gasteiger partial charge in [0, 0.05) is 15.5 Å². The lowest BCUT2D eigenvalue weighted by molar-refractivity contribution is 1.15. The Bertz CT molecular complexity index is 457. The third kappa shape index (κ3) is 1.55. The number of hydrogen-bond acceptors (Lipinski definition) is 1. The van der Waals surface area contributed by atoms with Gasteiger partial charge in [-0.1, -0.05) is 13.0 Å². The molecule has 0 aliphatic heterocycles. The molecule has 0 radical (unpaired) electrons. The fourth-order valence-corrected chi connectivity index (χ4v) is 3.19. The first kappa shape index (κ1) is 10.0. The summed E-state index contributed by atoms with van der Waals surface area (Å²) in [5.74, 6) is 0.624. The number of halogens is 1. The summed E-state index contributed by atoms with van der Waals surface area (Å²) in [6, 6.07) is 6.69. The highest BCUT2D eigenvalue weighted by molar-refractivity contribution is 7.19. The van der Waals surface area contributed by atoms with E-state index in [1.807, 2.05) is 11.3 Å². The van der Waals surface area contributed by atoms with Crippen molar-refractivity contribution in [2.24, 2.45) is 0 Å².